The van der Waals surface area contributed by atoms with Crippen LogP contribution < -0.4 is 10.2 Å². The minimum Gasteiger partial charge on any atom is -0.496 e. The summed E-state index contributed by atoms with van der Waals surface area (Å²) in [7, 11) is 1.56. The number of nitrogens with one attached hydrogen (secondary N) is 1. The number of hydrazone groups is 1. The summed E-state index contributed by atoms with van der Waals surface area (Å²) in [4.78, 5) is 40.1. The number of methoxy groups -OCH3 is 1. The van der Waals surface area contributed by atoms with Gasteiger partial charge in [0.25, 0.3) is 11.8 Å². The fourth-order valence-corrected chi connectivity index (χ4v) is 3.48. The number of hydrogen-bond donors (Lipinski definition) is 1. The molecule has 0 unspecified atom stereocenters. The third-order valence-corrected chi connectivity index (χ3v) is 4.86. The lowest BCUT2D eigenvalue weighted by Crippen LogP contribution is -2.52. The van der Waals surface area contributed by atoms with Gasteiger partial charge < -0.3 is 14.5 Å². The molecule has 1 fully saturated rings. The van der Waals surface area contributed by atoms with Crippen molar-refractivity contribution in [2.45, 2.75) is 26.7 Å². The fraction of sp³-hybridized carbons (Fsp3) is 0.474. The predicted octanol–water partition coefficient (Wildman–Crippen LogP) is 0.862. The molecule has 3 amide bonds. The zero-order chi connectivity index (χ0) is 19.6. The Balaban J connectivity index is 1.67. The summed E-state index contributed by atoms with van der Waals surface area (Å²) in [5, 5.41) is 3.86. The largest absolute Gasteiger partial charge is 0.496 e. The first-order valence-corrected chi connectivity index (χ1v) is 9.00. The van der Waals surface area contributed by atoms with Gasteiger partial charge in [-0.2, -0.15) is 5.10 Å². The first-order valence-electron chi connectivity index (χ1n) is 9.00. The molecule has 0 saturated carbocycles. The van der Waals surface area contributed by atoms with Crippen LogP contribution in [-0.4, -0.2) is 66.5 Å². The summed E-state index contributed by atoms with van der Waals surface area (Å²) in [6, 6.07) is 3.82. The lowest BCUT2D eigenvalue weighted by molar-refractivity contribution is -0.126. The minimum absolute atomic E-state index is 0.0898. The van der Waals surface area contributed by atoms with Gasteiger partial charge in [-0.05, 0) is 31.0 Å². The Kier molecular flexibility index (Phi) is 5.43. The molecule has 8 nitrogen and oxygen atoms in total. The number of hydrogen-bond acceptors (Lipinski definition) is 5. The molecule has 2 heterocycles. The topological polar surface area (TPSA) is 91.3 Å². The van der Waals surface area contributed by atoms with Crippen molar-refractivity contribution in [3.63, 3.8) is 0 Å². The quantitative estimate of drug-likeness (QED) is 0.852. The Bertz CT molecular complexity index is 810. The van der Waals surface area contributed by atoms with Crippen molar-refractivity contribution >= 4 is 23.4 Å². The second-order valence-electron chi connectivity index (χ2n) is 6.84. The van der Waals surface area contributed by atoms with Crippen molar-refractivity contribution in [3.05, 3.63) is 28.8 Å². The minimum atomic E-state index is -0.177. The van der Waals surface area contributed by atoms with E-state index in [0.29, 0.717) is 49.6 Å². The van der Waals surface area contributed by atoms with E-state index in [1.165, 1.54) is 0 Å². The molecule has 0 radical (unpaired) electrons. The molecule has 1 saturated heterocycles. The summed E-state index contributed by atoms with van der Waals surface area (Å²) in [5.74, 6) is 0.153. The zero-order valence-corrected chi connectivity index (χ0v) is 15.9. The van der Waals surface area contributed by atoms with Crippen LogP contribution in [0.2, 0.25) is 0 Å². The second-order valence-corrected chi connectivity index (χ2v) is 6.84. The van der Waals surface area contributed by atoms with Crippen molar-refractivity contribution < 1.29 is 19.1 Å². The van der Waals surface area contributed by atoms with E-state index in [2.05, 4.69) is 10.5 Å². The molecule has 8 heteroatoms. The number of carbonyl (C=O) groups excluding carboxylic acids is 3. The average Bonchev–Trinajstić information content (AvgIpc) is 2.67. The van der Waals surface area contributed by atoms with Gasteiger partial charge in [-0.1, -0.05) is 6.07 Å². The highest BCUT2D eigenvalue weighted by atomic mass is 16.5. The molecule has 3 rings (SSSR count). The summed E-state index contributed by atoms with van der Waals surface area (Å²) < 4.78 is 5.43. The van der Waals surface area contributed by atoms with Gasteiger partial charge in [-0.3, -0.25) is 14.4 Å². The third kappa shape index (κ3) is 3.94. The van der Waals surface area contributed by atoms with Gasteiger partial charge >= 0.3 is 0 Å². The molecular formula is C19H24N4O4. The maximum absolute atomic E-state index is 13.0. The number of rotatable bonds is 3. The van der Waals surface area contributed by atoms with Gasteiger partial charge in [0.1, 0.15) is 11.5 Å². The van der Waals surface area contributed by atoms with E-state index in [-0.39, 0.29) is 24.1 Å². The number of amides is 3. The SMILES string of the molecule is COc1c(C)cc(C)cc1C(=O)N1CCN(C(=O)C2=NNC(=O)CC2)CC1. The highest BCUT2D eigenvalue weighted by Crippen LogP contribution is 2.26. The van der Waals surface area contributed by atoms with Crippen molar-refractivity contribution in [1.82, 2.24) is 15.2 Å². The highest BCUT2D eigenvalue weighted by molar-refractivity contribution is 6.39. The number of benzene rings is 1. The van der Waals surface area contributed by atoms with Gasteiger partial charge in [-0.15, -0.1) is 0 Å². The van der Waals surface area contributed by atoms with Crippen LogP contribution in [0.25, 0.3) is 0 Å². The normalized spacial score (nSPS) is 17.3. The van der Waals surface area contributed by atoms with E-state index in [1.807, 2.05) is 26.0 Å². The maximum atomic E-state index is 13.0. The first kappa shape index (κ1) is 18.9. The molecule has 144 valence electrons. The molecule has 0 bridgehead atoms. The van der Waals surface area contributed by atoms with Crippen LogP contribution in [0.3, 0.4) is 0 Å². The summed E-state index contributed by atoms with van der Waals surface area (Å²) in [6.45, 7) is 5.63. The third-order valence-electron chi connectivity index (χ3n) is 4.86. The fourth-order valence-electron chi connectivity index (χ4n) is 3.48. The van der Waals surface area contributed by atoms with E-state index in [9.17, 15) is 14.4 Å². The molecule has 2 aliphatic rings. The predicted molar refractivity (Wildman–Crippen MR) is 99.8 cm³/mol. The van der Waals surface area contributed by atoms with Gasteiger partial charge in [0, 0.05) is 39.0 Å². The van der Waals surface area contributed by atoms with Crippen LogP contribution in [0.1, 0.15) is 34.3 Å². The molecule has 2 aliphatic heterocycles. The van der Waals surface area contributed by atoms with E-state index in [0.717, 1.165) is 11.1 Å². The Morgan fingerprint density at radius 3 is 2.22 bits per heavy atom. The molecule has 1 N–H and O–H groups in total. The molecule has 27 heavy (non-hydrogen) atoms. The van der Waals surface area contributed by atoms with E-state index in [1.54, 1.807) is 16.9 Å². The summed E-state index contributed by atoms with van der Waals surface area (Å²) >= 11 is 0. The molecule has 1 aromatic carbocycles. The lowest BCUT2D eigenvalue weighted by atomic mass is 10.0. The van der Waals surface area contributed by atoms with Gasteiger partial charge in [-0.25, -0.2) is 5.43 Å². The van der Waals surface area contributed by atoms with Gasteiger partial charge in [0.2, 0.25) is 5.91 Å². The van der Waals surface area contributed by atoms with Crippen LogP contribution in [0.5, 0.6) is 5.75 Å². The van der Waals surface area contributed by atoms with Gasteiger partial charge in [0.05, 0.1) is 12.7 Å². The van der Waals surface area contributed by atoms with Crippen LogP contribution >= 0.6 is 0 Å². The molecule has 0 spiro atoms. The van der Waals surface area contributed by atoms with E-state index < -0.39 is 0 Å². The van der Waals surface area contributed by atoms with Crippen LogP contribution in [0.4, 0.5) is 0 Å². The molecule has 1 aromatic rings. The van der Waals surface area contributed by atoms with Crippen molar-refractivity contribution in [2.75, 3.05) is 33.3 Å². The molecule has 0 aliphatic carbocycles. The van der Waals surface area contributed by atoms with Crippen molar-refractivity contribution in [3.8, 4) is 5.75 Å². The Morgan fingerprint density at radius 2 is 1.67 bits per heavy atom. The van der Waals surface area contributed by atoms with Crippen LogP contribution in [0.15, 0.2) is 17.2 Å². The summed E-state index contributed by atoms with van der Waals surface area (Å²) in [6.07, 6.45) is 0.624. The van der Waals surface area contributed by atoms with Crippen LogP contribution in [-0.2, 0) is 9.59 Å². The first-order chi connectivity index (χ1) is 12.9. The summed E-state index contributed by atoms with van der Waals surface area (Å²) in [5.41, 5.74) is 5.19. The number of piperazine rings is 1. The standard InChI is InChI=1S/C19H24N4O4/c1-12-10-13(2)17(27-3)14(11-12)18(25)22-6-8-23(9-7-22)19(26)15-4-5-16(24)21-20-15/h10-11H,4-9H2,1-3H3,(H,21,24). The second kappa shape index (κ2) is 7.77. The van der Waals surface area contributed by atoms with Crippen molar-refractivity contribution in [1.29, 1.82) is 0 Å². The number of ether oxygens (including phenoxy) is 1. The molecule has 0 atom stereocenters. The number of carbonyl (C=O) groups is 3. The highest BCUT2D eigenvalue weighted by Gasteiger charge is 2.29. The monoisotopic (exact) mass is 372 g/mol. The average molecular weight is 372 g/mol. The van der Waals surface area contributed by atoms with Crippen molar-refractivity contribution in [2.24, 2.45) is 5.10 Å². The van der Waals surface area contributed by atoms with Crippen LogP contribution in [0, 0.1) is 13.8 Å². The Morgan fingerprint density at radius 1 is 1.04 bits per heavy atom. The number of aryl methyl sites for hydroxylation is 2. The zero-order valence-electron chi connectivity index (χ0n) is 15.9. The Hall–Kier alpha value is -2.90. The Labute approximate surface area is 158 Å². The molecular weight excluding hydrogens is 348 g/mol. The van der Waals surface area contributed by atoms with Gasteiger partial charge in [0.15, 0.2) is 0 Å². The maximum Gasteiger partial charge on any atom is 0.270 e. The van der Waals surface area contributed by atoms with E-state index in [4.69, 9.17) is 4.74 Å². The smallest absolute Gasteiger partial charge is 0.270 e. The number of nitrogens with zero attached hydrogens (tertiary/aromatic N) is 3. The van der Waals surface area contributed by atoms with E-state index >= 15 is 0 Å². The lowest BCUT2D eigenvalue weighted by Gasteiger charge is -2.35. The molecule has 0 aromatic heterocycles.